The van der Waals surface area contributed by atoms with Crippen LogP contribution >= 0.6 is 0 Å². The normalized spacial score (nSPS) is 10.7. The van der Waals surface area contributed by atoms with Crippen LogP contribution in [0, 0.1) is 11.3 Å². The van der Waals surface area contributed by atoms with Gasteiger partial charge in [0.05, 0.1) is 13.7 Å². The number of benzene rings is 1. The fourth-order valence-corrected chi connectivity index (χ4v) is 1.33. The highest BCUT2D eigenvalue weighted by Crippen LogP contribution is 2.15. The number of ether oxygens (including phenoxy) is 3. The molecule has 0 radical (unpaired) electrons. The minimum absolute atomic E-state index is 0.0654. The van der Waals surface area contributed by atoms with Gasteiger partial charge in [-0.1, -0.05) is 12.1 Å². The second-order valence-corrected chi connectivity index (χ2v) is 3.58. The molecule has 1 aromatic rings. The monoisotopic (exact) mass is 261 g/mol. The van der Waals surface area contributed by atoms with Gasteiger partial charge >= 0.3 is 5.97 Å². The van der Waals surface area contributed by atoms with Gasteiger partial charge in [0.25, 0.3) is 0 Å². The van der Waals surface area contributed by atoms with Gasteiger partial charge in [-0.25, -0.2) is 4.79 Å². The fraction of sp³-hybridized carbons (Fsp3) is 0.286. The summed E-state index contributed by atoms with van der Waals surface area (Å²) in [5.74, 6) is -0.0128. The first-order valence-electron chi connectivity index (χ1n) is 5.63. The van der Waals surface area contributed by atoms with Crippen molar-refractivity contribution in [3.05, 3.63) is 35.4 Å². The maximum atomic E-state index is 11.6. The van der Waals surface area contributed by atoms with Crippen molar-refractivity contribution >= 4 is 12.0 Å². The molecule has 5 nitrogen and oxygen atoms in total. The van der Waals surface area contributed by atoms with Gasteiger partial charge in [-0.15, -0.1) is 0 Å². The van der Waals surface area contributed by atoms with Gasteiger partial charge in [-0.2, -0.15) is 5.26 Å². The molecule has 1 aromatic carbocycles. The maximum Gasteiger partial charge on any atom is 0.348 e. The average molecular weight is 261 g/mol. The van der Waals surface area contributed by atoms with Gasteiger partial charge < -0.3 is 14.2 Å². The Morgan fingerprint density at radius 2 is 2.16 bits per heavy atom. The van der Waals surface area contributed by atoms with E-state index >= 15 is 0 Å². The predicted molar refractivity (Wildman–Crippen MR) is 69.4 cm³/mol. The molecule has 0 aliphatic rings. The third-order valence-corrected chi connectivity index (χ3v) is 2.27. The van der Waals surface area contributed by atoms with Crippen LogP contribution in [0.25, 0.3) is 6.08 Å². The first kappa shape index (κ1) is 14.7. The number of rotatable bonds is 6. The Bertz CT molecular complexity index is 502. The number of nitriles is 1. The molecule has 0 aliphatic carbocycles. The number of carbonyl (C=O) groups excluding carboxylic acids is 1. The molecule has 0 N–H and O–H groups in total. The lowest BCUT2D eigenvalue weighted by atomic mass is 10.1. The van der Waals surface area contributed by atoms with Gasteiger partial charge in [0.2, 0.25) is 0 Å². The molecule has 0 heterocycles. The summed E-state index contributed by atoms with van der Waals surface area (Å²) in [6, 6.07) is 8.86. The summed E-state index contributed by atoms with van der Waals surface area (Å²) < 4.78 is 14.7. The summed E-state index contributed by atoms with van der Waals surface area (Å²) in [5.41, 5.74) is 0.629. The van der Waals surface area contributed by atoms with Crippen LogP contribution in [0.4, 0.5) is 0 Å². The molecule has 100 valence electrons. The molecule has 0 aromatic heterocycles. The Kier molecular flexibility index (Phi) is 6.13. The molecule has 0 aliphatic heterocycles. The Labute approximate surface area is 112 Å². The van der Waals surface area contributed by atoms with Crippen molar-refractivity contribution in [2.45, 2.75) is 0 Å². The fourth-order valence-electron chi connectivity index (χ4n) is 1.33. The van der Waals surface area contributed by atoms with E-state index in [1.165, 1.54) is 13.2 Å². The smallest absolute Gasteiger partial charge is 0.348 e. The van der Waals surface area contributed by atoms with Crippen LogP contribution in [0.15, 0.2) is 29.8 Å². The van der Waals surface area contributed by atoms with E-state index in [0.717, 1.165) is 0 Å². The minimum atomic E-state index is -0.664. The van der Waals surface area contributed by atoms with Crippen LogP contribution in [0.2, 0.25) is 0 Å². The van der Waals surface area contributed by atoms with Crippen LogP contribution in [-0.4, -0.2) is 33.4 Å². The van der Waals surface area contributed by atoms with Crippen LogP contribution in [0.5, 0.6) is 5.75 Å². The van der Waals surface area contributed by atoms with Crippen molar-refractivity contribution in [1.29, 1.82) is 5.26 Å². The van der Waals surface area contributed by atoms with E-state index in [-0.39, 0.29) is 12.2 Å². The van der Waals surface area contributed by atoms with Crippen molar-refractivity contribution in [1.82, 2.24) is 0 Å². The standard InChI is InChI=1S/C14H15NO4/c1-17-6-7-19-14(16)12(10-15)8-11-4-3-5-13(9-11)18-2/h3-5,8-9H,6-7H2,1-2H3/b12-8+. The van der Waals surface area contributed by atoms with Crippen molar-refractivity contribution in [2.24, 2.45) is 0 Å². The molecule has 0 amide bonds. The molecular formula is C14H15NO4. The first-order valence-corrected chi connectivity index (χ1v) is 5.63. The van der Waals surface area contributed by atoms with Gasteiger partial charge in [-0.05, 0) is 23.8 Å². The second kappa shape index (κ2) is 7.90. The van der Waals surface area contributed by atoms with E-state index in [2.05, 4.69) is 0 Å². The van der Waals surface area contributed by atoms with E-state index in [9.17, 15) is 4.79 Å². The number of hydrogen-bond acceptors (Lipinski definition) is 5. The zero-order valence-electron chi connectivity index (χ0n) is 10.9. The average Bonchev–Trinajstić information content (AvgIpc) is 2.45. The lowest BCUT2D eigenvalue weighted by molar-refractivity contribution is -0.139. The zero-order chi connectivity index (χ0) is 14.1. The molecule has 19 heavy (non-hydrogen) atoms. The van der Waals surface area contributed by atoms with Gasteiger partial charge in [-0.3, -0.25) is 0 Å². The minimum Gasteiger partial charge on any atom is -0.497 e. The predicted octanol–water partition coefficient (Wildman–Crippen LogP) is 1.79. The topological polar surface area (TPSA) is 68.5 Å². The zero-order valence-corrected chi connectivity index (χ0v) is 10.9. The Balaban J connectivity index is 2.80. The molecule has 0 bridgehead atoms. The SMILES string of the molecule is COCCOC(=O)/C(C#N)=C/c1cccc(OC)c1. The summed E-state index contributed by atoms with van der Waals surface area (Å²) in [4.78, 5) is 11.6. The highest BCUT2D eigenvalue weighted by molar-refractivity contribution is 5.97. The van der Waals surface area contributed by atoms with Crippen molar-refractivity contribution < 1.29 is 19.0 Å². The summed E-state index contributed by atoms with van der Waals surface area (Å²) >= 11 is 0. The second-order valence-electron chi connectivity index (χ2n) is 3.58. The number of carbonyl (C=O) groups is 1. The van der Waals surface area contributed by atoms with E-state index in [1.54, 1.807) is 31.4 Å². The number of methoxy groups -OCH3 is 2. The van der Waals surface area contributed by atoms with Crippen molar-refractivity contribution in [3.63, 3.8) is 0 Å². The van der Waals surface area contributed by atoms with Crippen LogP contribution in [-0.2, 0) is 14.3 Å². The van der Waals surface area contributed by atoms with Crippen LogP contribution in [0.3, 0.4) is 0 Å². The van der Waals surface area contributed by atoms with Gasteiger partial charge in [0.15, 0.2) is 0 Å². The van der Waals surface area contributed by atoms with Crippen molar-refractivity contribution in [2.75, 3.05) is 27.4 Å². The molecule has 0 saturated heterocycles. The lowest BCUT2D eigenvalue weighted by Gasteiger charge is -2.03. The third kappa shape index (κ3) is 4.82. The Morgan fingerprint density at radius 3 is 2.79 bits per heavy atom. The third-order valence-electron chi connectivity index (χ3n) is 2.27. The van der Waals surface area contributed by atoms with E-state index in [1.807, 2.05) is 6.07 Å². The molecule has 0 spiro atoms. The maximum absolute atomic E-state index is 11.6. The van der Waals surface area contributed by atoms with Crippen LogP contribution in [0.1, 0.15) is 5.56 Å². The summed E-state index contributed by atoms with van der Waals surface area (Å²) in [5, 5.41) is 8.96. The van der Waals surface area contributed by atoms with E-state index < -0.39 is 5.97 Å². The summed E-state index contributed by atoms with van der Waals surface area (Å²) in [6.07, 6.45) is 1.46. The Morgan fingerprint density at radius 1 is 1.37 bits per heavy atom. The summed E-state index contributed by atoms with van der Waals surface area (Å²) in [7, 11) is 3.05. The molecule has 0 atom stereocenters. The molecule has 5 heteroatoms. The quantitative estimate of drug-likeness (QED) is 0.338. The van der Waals surface area contributed by atoms with E-state index in [0.29, 0.717) is 17.9 Å². The first-order chi connectivity index (χ1) is 9.21. The van der Waals surface area contributed by atoms with Crippen molar-refractivity contribution in [3.8, 4) is 11.8 Å². The molecule has 0 fully saturated rings. The molecular weight excluding hydrogens is 246 g/mol. The lowest BCUT2D eigenvalue weighted by Crippen LogP contribution is -2.11. The van der Waals surface area contributed by atoms with Crippen LogP contribution < -0.4 is 4.74 Å². The Hall–Kier alpha value is -2.32. The molecule has 1 rings (SSSR count). The van der Waals surface area contributed by atoms with Gasteiger partial charge in [0.1, 0.15) is 24.0 Å². The highest BCUT2D eigenvalue weighted by Gasteiger charge is 2.10. The number of hydrogen-bond donors (Lipinski definition) is 0. The highest BCUT2D eigenvalue weighted by atomic mass is 16.6. The number of esters is 1. The summed E-state index contributed by atoms with van der Waals surface area (Å²) in [6.45, 7) is 0.413. The number of nitrogens with zero attached hydrogens (tertiary/aromatic N) is 1. The molecule has 0 saturated carbocycles. The molecule has 0 unspecified atom stereocenters. The largest absolute Gasteiger partial charge is 0.497 e. The van der Waals surface area contributed by atoms with Gasteiger partial charge in [0, 0.05) is 7.11 Å². The van der Waals surface area contributed by atoms with E-state index in [4.69, 9.17) is 19.5 Å².